The molecule has 5 rings (SSSR count). The van der Waals surface area contributed by atoms with Crippen LogP contribution in [-0.2, 0) is 9.53 Å². The summed E-state index contributed by atoms with van der Waals surface area (Å²) in [6, 6.07) is 16.7. The van der Waals surface area contributed by atoms with Crippen molar-refractivity contribution < 1.29 is 18.7 Å². The van der Waals surface area contributed by atoms with Crippen LogP contribution >= 0.6 is 0 Å². The number of rotatable bonds is 5. The maximum atomic E-state index is 14.6. The van der Waals surface area contributed by atoms with E-state index in [4.69, 9.17) is 15.6 Å². The zero-order valence-electron chi connectivity index (χ0n) is 21.1. The third-order valence-corrected chi connectivity index (χ3v) is 5.71. The molecular formula is C27H31FN6O3. The maximum Gasteiger partial charge on any atom is 0.293 e. The van der Waals surface area contributed by atoms with E-state index in [1.54, 1.807) is 4.68 Å². The Kier molecular flexibility index (Phi) is 7.98. The second-order valence-corrected chi connectivity index (χ2v) is 9.59. The zero-order valence-corrected chi connectivity index (χ0v) is 21.1. The summed E-state index contributed by atoms with van der Waals surface area (Å²) in [4.78, 5) is 18.1. The highest BCUT2D eigenvalue weighted by atomic mass is 19.1. The quantitative estimate of drug-likeness (QED) is 0.374. The molecule has 0 unspecified atom stereocenters. The Morgan fingerprint density at radius 3 is 2.41 bits per heavy atom. The summed E-state index contributed by atoms with van der Waals surface area (Å²) in [7, 11) is 0. The number of nitrogen functional groups attached to an aromatic ring is 1. The third kappa shape index (κ3) is 6.39. The first-order valence-corrected chi connectivity index (χ1v) is 12.0. The molecule has 1 saturated heterocycles. The van der Waals surface area contributed by atoms with Crippen LogP contribution < -0.4 is 15.8 Å². The molecular weight excluding hydrogens is 475 g/mol. The van der Waals surface area contributed by atoms with Crippen LogP contribution in [-0.4, -0.2) is 51.1 Å². The van der Waals surface area contributed by atoms with Crippen molar-refractivity contribution in [2.24, 2.45) is 0 Å². The number of ether oxygens (including phenoxy) is 2. The van der Waals surface area contributed by atoms with Crippen molar-refractivity contribution in [1.29, 1.82) is 0 Å². The van der Waals surface area contributed by atoms with E-state index >= 15 is 0 Å². The second-order valence-electron chi connectivity index (χ2n) is 9.59. The van der Waals surface area contributed by atoms with Gasteiger partial charge in [-0.15, -0.1) is 0 Å². The summed E-state index contributed by atoms with van der Waals surface area (Å²) in [6.45, 7) is 6.95. The lowest BCUT2D eigenvalue weighted by molar-refractivity contribution is -0.138. The van der Waals surface area contributed by atoms with Gasteiger partial charge in [0.25, 0.3) is 6.47 Å². The van der Waals surface area contributed by atoms with Gasteiger partial charge in [0.15, 0.2) is 5.65 Å². The van der Waals surface area contributed by atoms with E-state index in [1.165, 1.54) is 6.33 Å². The first-order valence-electron chi connectivity index (χ1n) is 12.0. The number of hydrogen-bond donors (Lipinski definition) is 2. The summed E-state index contributed by atoms with van der Waals surface area (Å²) in [6.07, 6.45) is 0.975. The molecule has 0 spiro atoms. The molecule has 194 valence electrons. The van der Waals surface area contributed by atoms with Crippen LogP contribution in [0.15, 0.2) is 60.9 Å². The number of anilines is 1. The Bertz CT molecular complexity index is 1320. The lowest BCUT2D eigenvalue weighted by Crippen LogP contribution is -2.39. The summed E-state index contributed by atoms with van der Waals surface area (Å²) in [5.41, 5.74) is 7.88. The predicted molar refractivity (Wildman–Crippen MR) is 140 cm³/mol. The number of para-hydroxylation sites is 1. The molecule has 1 aliphatic rings. The van der Waals surface area contributed by atoms with Crippen molar-refractivity contribution in [3.8, 4) is 22.8 Å². The Morgan fingerprint density at radius 2 is 1.78 bits per heavy atom. The van der Waals surface area contributed by atoms with E-state index in [-0.39, 0.29) is 5.60 Å². The van der Waals surface area contributed by atoms with Gasteiger partial charge in [0.05, 0.1) is 11.4 Å². The number of alkyl halides is 1. The summed E-state index contributed by atoms with van der Waals surface area (Å²) < 4.78 is 26.7. The topological polar surface area (TPSA) is 117 Å². The Balaban J connectivity index is 0.000000405. The third-order valence-electron chi connectivity index (χ3n) is 5.71. The minimum Gasteiger partial charge on any atom is -0.462 e. The number of halogens is 1. The molecule has 0 amide bonds. The van der Waals surface area contributed by atoms with Crippen LogP contribution in [0.2, 0.25) is 0 Å². The molecule has 0 saturated carbocycles. The molecule has 4 aromatic rings. The first kappa shape index (κ1) is 26.0. The van der Waals surface area contributed by atoms with Gasteiger partial charge in [-0.3, -0.25) is 4.79 Å². The van der Waals surface area contributed by atoms with Crippen molar-refractivity contribution in [2.75, 3.05) is 18.8 Å². The zero-order chi connectivity index (χ0) is 26.4. The highest BCUT2D eigenvalue weighted by Gasteiger charge is 2.30. The van der Waals surface area contributed by atoms with E-state index < -0.39 is 12.2 Å². The normalized spacial score (nSPS) is 17.5. The highest BCUT2D eigenvalue weighted by molar-refractivity contribution is 5.98. The molecule has 2 aromatic carbocycles. The molecule has 9 nitrogen and oxygen atoms in total. The standard InChI is InChI=1S/C22H21FN6O.C5H10O2/c23-17-12-25-11-10-18(17)29-22-19(21(24)26-13-27-22)20(28-29)14-6-8-16(9-7-14)30-15-4-2-1-3-5-15;1-5(2,3)7-4-6/h1-9,13,17-18,25H,10-12H2,(H2,24,26,27);4H,1-3H3/t17-,18+;/m0./s1. The summed E-state index contributed by atoms with van der Waals surface area (Å²) in [5, 5.41) is 8.44. The van der Waals surface area contributed by atoms with Crippen molar-refractivity contribution in [2.45, 2.75) is 45.0 Å². The van der Waals surface area contributed by atoms with Crippen LogP contribution in [0, 0.1) is 0 Å². The van der Waals surface area contributed by atoms with Gasteiger partial charge >= 0.3 is 0 Å². The molecule has 37 heavy (non-hydrogen) atoms. The molecule has 1 fully saturated rings. The van der Waals surface area contributed by atoms with Gasteiger partial charge in [-0.05, 0) is 70.1 Å². The molecule has 10 heteroatoms. The van der Waals surface area contributed by atoms with Gasteiger partial charge in [0.1, 0.15) is 41.1 Å². The smallest absolute Gasteiger partial charge is 0.293 e. The first-order chi connectivity index (χ1) is 17.8. The number of hydrogen-bond acceptors (Lipinski definition) is 8. The number of nitrogens with one attached hydrogen (secondary N) is 1. The molecule has 3 heterocycles. The minimum atomic E-state index is -1.05. The number of carbonyl (C=O) groups is 1. The number of carbonyl (C=O) groups excluding carboxylic acids is 1. The number of nitrogens with zero attached hydrogens (tertiary/aromatic N) is 4. The van der Waals surface area contributed by atoms with Gasteiger partial charge in [0, 0.05) is 12.1 Å². The Hall–Kier alpha value is -4.05. The lowest BCUT2D eigenvalue weighted by atomic mass is 10.1. The van der Waals surface area contributed by atoms with Crippen molar-refractivity contribution in [1.82, 2.24) is 25.1 Å². The van der Waals surface area contributed by atoms with Gasteiger partial charge < -0.3 is 20.5 Å². The van der Waals surface area contributed by atoms with Crippen LogP contribution in [0.3, 0.4) is 0 Å². The summed E-state index contributed by atoms with van der Waals surface area (Å²) >= 11 is 0. The van der Waals surface area contributed by atoms with Crippen molar-refractivity contribution >= 4 is 23.3 Å². The van der Waals surface area contributed by atoms with Gasteiger partial charge in [-0.1, -0.05) is 18.2 Å². The van der Waals surface area contributed by atoms with E-state index in [1.807, 2.05) is 75.4 Å². The fourth-order valence-electron chi connectivity index (χ4n) is 3.96. The van der Waals surface area contributed by atoms with E-state index in [0.29, 0.717) is 47.7 Å². The van der Waals surface area contributed by atoms with Gasteiger partial charge in [0.2, 0.25) is 0 Å². The van der Waals surface area contributed by atoms with E-state index in [9.17, 15) is 9.18 Å². The SMILES string of the molecule is CC(C)(C)OC=O.Nc1ncnc2c1c(-c1ccc(Oc3ccccc3)cc1)nn2[C@@H]1CCNC[C@@H]1F. The molecule has 2 atom stereocenters. The maximum absolute atomic E-state index is 14.6. The van der Waals surface area contributed by atoms with Crippen LogP contribution in [0.4, 0.5) is 10.2 Å². The molecule has 0 bridgehead atoms. The van der Waals surface area contributed by atoms with Crippen molar-refractivity contribution in [3.05, 3.63) is 60.9 Å². The van der Waals surface area contributed by atoms with Crippen LogP contribution in [0.1, 0.15) is 33.2 Å². The molecule has 1 aliphatic heterocycles. The number of aromatic nitrogens is 4. The average Bonchev–Trinajstić information content (AvgIpc) is 3.26. The minimum absolute atomic E-state index is 0.299. The largest absolute Gasteiger partial charge is 0.462 e. The molecule has 0 aliphatic carbocycles. The van der Waals surface area contributed by atoms with Gasteiger partial charge in [-0.2, -0.15) is 5.10 Å². The number of piperidine rings is 1. The lowest BCUT2D eigenvalue weighted by Gasteiger charge is -2.27. The molecule has 2 aromatic heterocycles. The molecule has 3 N–H and O–H groups in total. The van der Waals surface area contributed by atoms with E-state index in [0.717, 1.165) is 17.9 Å². The van der Waals surface area contributed by atoms with Crippen LogP contribution in [0.5, 0.6) is 11.5 Å². The van der Waals surface area contributed by atoms with Crippen molar-refractivity contribution in [3.63, 3.8) is 0 Å². The Labute approximate surface area is 214 Å². The second kappa shape index (κ2) is 11.3. The average molecular weight is 507 g/mol. The summed E-state index contributed by atoms with van der Waals surface area (Å²) in [5.74, 6) is 1.80. The fourth-order valence-corrected chi connectivity index (χ4v) is 3.96. The number of fused-ring (bicyclic) bond motifs is 1. The predicted octanol–water partition coefficient (Wildman–Crippen LogP) is 4.70. The Morgan fingerprint density at radius 1 is 1.08 bits per heavy atom. The van der Waals surface area contributed by atoms with Gasteiger partial charge in [-0.25, -0.2) is 19.0 Å². The number of benzene rings is 2. The number of nitrogens with two attached hydrogens (primary N) is 1. The van der Waals surface area contributed by atoms with E-state index in [2.05, 4.69) is 20.0 Å². The highest BCUT2D eigenvalue weighted by Crippen LogP contribution is 2.35. The molecule has 0 radical (unpaired) electrons. The fraction of sp³-hybridized carbons (Fsp3) is 0.333. The monoisotopic (exact) mass is 506 g/mol. The van der Waals surface area contributed by atoms with Crippen LogP contribution in [0.25, 0.3) is 22.3 Å².